The van der Waals surface area contributed by atoms with Gasteiger partial charge in [0, 0.05) is 13.2 Å². The standard InChI is InChI=1S/C14H19O/c1-2-6-13(7-3-1)10-5-11-15-12-14-8-4-9-14/h2-3,6-7,14H,4-5,8-12H2. The zero-order valence-corrected chi connectivity index (χ0v) is 9.24. The van der Waals surface area contributed by atoms with E-state index in [1.54, 1.807) is 0 Å². The molecule has 0 unspecified atom stereocenters. The number of ether oxygens (including phenoxy) is 1. The van der Waals surface area contributed by atoms with Crippen LogP contribution in [0.15, 0.2) is 24.3 Å². The zero-order chi connectivity index (χ0) is 10.3. The summed E-state index contributed by atoms with van der Waals surface area (Å²) in [7, 11) is 0. The summed E-state index contributed by atoms with van der Waals surface area (Å²) < 4.78 is 5.65. The first-order chi connectivity index (χ1) is 7.45. The summed E-state index contributed by atoms with van der Waals surface area (Å²) in [5.74, 6) is 0.872. The van der Waals surface area contributed by atoms with Gasteiger partial charge in [-0.25, -0.2) is 0 Å². The van der Waals surface area contributed by atoms with Gasteiger partial charge in [0.05, 0.1) is 0 Å². The molecule has 15 heavy (non-hydrogen) atoms. The van der Waals surface area contributed by atoms with E-state index in [0.717, 1.165) is 32.0 Å². The van der Waals surface area contributed by atoms with Gasteiger partial charge in [0.15, 0.2) is 0 Å². The summed E-state index contributed by atoms with van der Waals surface area (Å²) in [6, 6.07) is 11.2. The Labute approximate surface area is 92.5 Å². The molecule has 0 N–H and O–H groups in total. The summed E-state index contributed by atoms with van der Waals surface area (Å²) in [5.41, 5.74) is 1.39. The SMILES string of the molecule is [c]1ccc(CCCOCC2CCC2)cc1. The van der Waals surface area contributed by atoms with Gasteiger partial charge >= 0.3 is 0 Å². The fraction of sp³-hybridized carbons (Fsp3) is 0.571. The van der Waals surface area contributed by atoms with Gasteiger partial charge in [0.25, 0.3) is 0 Å². The van der Waals surface area contributed by atoms with Gasteiger partial charge in [-0.2, -0.15) is 0 Å². The lowest BCUT2D eigenvalue weighted by Gasteiger charge is -2.24. The van der Waals surface area contributed by atoms with Crippen molar-refractivity contribution in [3.05, 3.63) is 35.9 Å². The Balaban J connectivity index is 1.51. The van der Waals surface area contributed by atoms with Gasteiger partial charge in [-0.1, -0.05) is 30.7 Å². The Kier molecular flexibility index (Phi) is 4.22. The van der Waals surface area contributed by atoms with Crippen LogP contribution in [0.1, 0.15) is 31.2 Å². The zero-order valence-electron chi connectivity index (χ0n) is 9.24. The van der Waals surface area contributed by atoms with Gasteiger partial charge in [-0.05, 0) is 43.2 Å². The highest BCUT2D eigenvalue weighted by Crippen LogP contribution is 2.26. The van der Waals surface area contributed by atoms with E-state index in [1.165, 1.54) is 24.8 Å². The minimum Gasteiger partial charge on any atom is -0.381 e. The molecular formula is C14H19O. The van der Waals surface area contributed by atoms with Crippen LogP contribution in [0.25, 0.3) is 0 Å². The van der Waals surface area contributed by atoms with E-state index in [2.05, 4.69) is 18.2 Å². The fourth-order valence-corrected chi connectivity index (χ4v) is 1.88. The number of rotatable bonds is 6. The highest BCUT2D eigenvalue weighted by Gasteiger charge is 2.16. The van der Waals surface area contributed by atoms with Crippen LogP contribution in [-0.4, -0.2) is 13.2 Å². The Morgan fingerprint density at radius 1 is 1.27 bits per heavy atom. The van der Waals surface area contributed by atoms with Crippen LogP contribution in [0.2, 0.25) is 0 Å². The Morgan fingerprint density at radius 2 is 2.07 bits per heavy atom. The van der Waals surface area contributed by atoms with Gasteiger partial charge in [0.2, 0.25) is 0 Å². The van der Waals surface area contributed by atoms with E-state index >= 15 is 0 Å². The van der Waals surface area contributed by atoms with Crippen molar-refractivity contribution in [1.29, 1.82) is 0 Å². The molecule has 0 amide bonds. The average molecular weight is 203 g/mol. The summed E-state index contributed by atoms with van der Waals surface area (Å²) in [6.45, 7) is 1.90. The lowest BCUT2D eigenvalue weighted by Crippen LogP contribution is -2.17. The lowest BCUT2D eigenvalue weighted by atomic mass is 9.86. The number of hydrogen-bond acceptors (Lipinski definition) is 1. The monoisotopic (exact) mass is 203 g/mol. The lowest BCUT2D eigenvalue weighted by molar-refractivity contribution is 0.0690. The van der Waals surface area contributed by atoms with Crippen molar-refractivity contribution >= 4 is 0 Å². The first-order valence-corrected chi connectivity index (χ1v) is 5.98. The van der Waals surface area contributed by atoms with Gasteiger partial charge < -0.3 is 4.74 Å². The Morgan fingerprint density at radius 3 is 2.73 bits per heavy atom. The third kappa shape index (κ3) is 3.67. The molecule has 0 spiro atoms. The molecule has 1 fully saturated rings. The van der Waals surface area contributed by atoms with Crippen molar-refractivity contribution in [3.63, 3.8) is 0 Å². The molecule has 1 aliphatic carbocycles. The molecule has 0 aliphatic heterocycles. The van der Waals surface area contributed by atoms with Crippen LogP contribution in [-0.2, 0) is 11.2 Å². The third-order valence-electron chi connectivity index (χ3n) is 3.12. The van der Waals surface area contributed by atoms with Gasteiger partial charge in [-0.15, -0.1) is 0 Å². The maximum atomic E-state index is 5.65. The van der Waals surface area contributed by atoms with Crippen molar-refractivity contribution in [2.45, 2.75) is 32.1 Å². The maximum Gasteiger partial charge on any atom is 0.0494 e. The second-order valence-electron chi connectivity index (χ2n) is 4.38. The van der Waals surface area contributed by atoms with Crippen LogP contribution in [0.4, 0.5) is 0 Å². The first kappa shape index (κ1) is 10.7. The van der Waals surface area contributed by atoms with Crippen molar-refractivity contribution in [2.75, 3.05) is 13.2 Å². The molecule has 1 aliphatic rings. The van der Waals surface area contributed by atoms with Gasteiger partial charge in [-0.3, -0.25) is 0 Å². The van der Waals surface area contributed by atoms with E-state index in [4.69, 9.17) is 4.74 Å². The predicted octanol–water partition coefficient (Wildman–Crippen LogP) is 3.24. The van der Waals surface area contributed by atoms with Crippen LogP contribution in [0.3, 0.4) is 0 Å². The molecule has 1 saturated carbocycles. The molecule has 81 valence electrons. The fourth-order valence-electron chi connectivity index (χ4n) is 1.88. The highest BCUT2D eigenvalue weighted by atomic mass is 16.5. The molecular weight excluding hydrogens is 184 g/mol. The van der Waals surface area contributed by atoms with Crippen molar-refractivity contribution in [2.24, 2.45) is 5.92 Å². The van der Waals surface area contributed by atoms with E-state index in [9.17, 15) is 0 Å². The molecule has 1 heteroatoms. The summed E-state index contributed by atoms with van der Waals surface area (Å²) >= 11 is 0. The van der Waals surface area contributed by atoms with Crippen LogP contribution < -0.4 is 0 Å². The number of aryl methyl sites for hydroxylation is 1. The highest BCUT2D eigenvalue weighted by molar-refractivity contribution is 5.13. The normalized spacial score (nSPS) is 16.3. The first-order valence-electron chi connectivity index (χ1n) is 5.98. The van der Waals surface area contributed by atoms with E-state index in [0.29, 0.717) is 0 Å². The van der Waals surface area contributed by atoms with E-state index in [1.807, 2.05) is 12.1 Å². The number of hydrogen-bond donors (Lipinski definition) is 0. The predicted molar refractivity (Wildman–Crippen MR) is 61.8 cm³/mol. The minimum atomic E-state index is 0.872. The Bertz CT molecular complexity index is 264. The second-order valence-corrected chi connectivity index (χ2v) is 4.38. The molecule has 2 rings (SSSR count). The van der Waals surface area contributed by atoms with Crippen LogP contribution >= 0.6 is 0 Å². The molecule has 1 nitrogen and oxygen atoms in total. The molecule has 0 atom stereocenters. The maximum absolute atomic E-state index is 5.65. The molecule has 1 radical (unpaired) electrons. The van der Waals surface area contributed by atoms with Crippen molar-refractivity contribution < 1.29 is 4.74 Å². The van der Waals surface area contributed by atoms with Crippen molar-refractivity contribution in [3.8, 4) is 0 Å². The van der Waals surface area contributed by atoms with Crippen LogP contribution in [0.5, 0.6) is 0 Å². The Hall–Kier alpha value is -0.820. The summed E-state index contributed by atoms with van der Waals surface area (Å²) in [5, 5.41) is 0. The van der Waals surface area contributed by atoms with E-state index in [-0.39, 0.29) is 0 Å². The van der Waals surface area contributed by atoms with Crippen LogP contribution in [0, 0.1) is 12.0 Å². The summed E-state index contributed by atoms with van der Waals surface area (Å²) in [4.78, 5) is 0. The second kappa shape index (κ2) is 5.92. The molecule has 0 saturated heterocycles. The quantitative estimate of drug-likeness (QED) is 0.645. The van der Waals surface area contributed by atoms with E-state index < -0.39 is 0 Å². The van der Waals surface area contributed by atoms with Crippen molar-refractivity contribution in [1.82, 2.24) is 0 Å². The molecule has 0 heterocycles. The molecule has 1 aromatic carbocycles. The largest absolute Gasteiger partial charge is 0.381 e. The number of benzene rings is 1. The smallest absolute Gasteiger partial charge is 0.0494 e. The minimum absolute atomic E-state index is 0.872. The van der Waals surface area contributed by atoms with Gasteiger partial charge in [0.1, 0.15) is 0 Å². The molecule has 1 aromatic rings. The topological polar surface area (TPSA) is 9.23 Å². The molecule has 0 aromatic heterocycles. The third-order valence-corrected chi connectivity index (χ3v) is 3.12. The average Bonchev–Trinajstić information content (AvgIpc) is 2.22. The summed E-state index contributed by atoms with van der Waals surface area (Å²) in [6.07, 6.45) is 6.44. The molecule has 0 bridgehead atoms.